The Kier molecular flexibility index (Phi) is 3.41. The molecule has 1 atom stereocenters. The molecule has 1 aliphatic rings. The largest absolute Gasteiger partial charge is 0.484 e. The Morgan fingerprint density at radius 2 is 2.26 bits per heavy atom. The summed E-state index contributed by atoms with van der Waals surface area (Å²) in [4.78, 5) is 13.1. The van der Waals surface area contributed by atoms with E-state index in [0.29, 0.717) is 18.8 Å². The second-order valence-electron chi connectivity index (χ2n) is 5.51. The summed E-state index contributed by atoms with van der Waals surface area (Å²) in [6.07, 6.45) is 0. The van der Waals surface area contributed by atoms with Crippen molar-refractivity contribution in [3.8, 4) is 5.75 Å². The fourth-order valence-electron chi connectivity index (χ4n) is 2.31. The number of ether oxygens (including phenoxy) is 1. The summed E-state index contributed by atoms with van der Waals surface area (Å²) in [7, 11) is 0. The lowest BCUT2D eigenvalue weighted by Crippen LogP contribution is -2.52. The summed E-state index contributed by atoms with van der Waals surface area (Å²) >= 11 is 0. The number of nitrogens with zero attached hydrogens (tertiary/aromatic N) is 1. The maximum Gasteiger partial charge on any atom is 0.326 e. The summed E-state index contributed by atoms with van der Waals surface area (Å²) in [5.74, 6) is -0.140. The number of aliphatic carboxylic acids is 1. The molecule has 1 aromatic carbocycles. The lowest BCUT2D eigenvalue weighted by Gasteiger charge is -2.42. The Morgan fingerprint density at radius 3 is 2.84 bits per heavy atom. The Hall–Kier alpha value is -1.75. The zero-order valence-corrected chi connectivity index (χ0v) is 11.5. The molecule has 104 valence electrons. The van der Waals surface area contributed by atoms with Crippen LogP contribution in [0.5, 0.6) is 5.75 Å². The van der Waals surface area contributed by atoms with Crippen LogP contribution in [0.25, 0.3) is 0 Å². The van der Waals surface area contributed by atoms with E-state index < -0.39 is 17.6 Å². The molecule has 19 heavy (non-hydrogen) atoms. The summed E-state index contributed by atoms with van der Waals surface area (Å²) in [5, 5.41) is 9.23. The zero-order chi connectivity index (χ0) is 14.2. The molecule has 3 N–H and O–H groups in total. The van der Waals surface area contributed by atoms with E-state index in [1.807, 2.05) is 36.9 Å². The lowest BCUT2D eigenvalue weighted by atomic mass is 10.0. The van der Waals surface area contributed by atoms with Crippen LogP contribution in [0, 0.1) is 0 Å². The molecule has 0 amide bonds. The topological polar surface area (TPSA) is 75.8 Å². The molecule has 1 aromatic rings. The molecule has 0 radical (unpaired) electrons. The third-order valence-corrected chi connectivity index (χ3v) is 3.33. The van der Waals surface area contributed by atoms with Gasteiger partial charge in [-0.15, -0.1) is 0 Å². The molecule has 0 saturated heterocycles. The number of fused-ring (bicyclic) bond motifs is 1. The van der Waals surface area contributed by atoms with Gasteiger partial charge in [0.05, 0.1) is 12.2 Å². The minimum absolute atomic E-state index is 0.427. The first-order valence-electron chi connectivity index (χ1n) is 6.35. The summed E-state index contributed by atoms with van der Waals surface area (Å²) in [6, 6.07) is 5.08. The van der Waals surface area contributed by atoms with Crippen molar-refractivity contribution in [2.24, 2.45) is 5.73 Å². The summed E-state index contributed by atoms with van der Waals surface area (Å²) < 4.78 is 5.93. The Bertz CT molecular complexity index is 499. The Balaban J connectivity index is 2.46. The molecule has 0 spiro atoms. The fraction of sp³-hybridized carbons (Fsp3) is 0.500. The van der Waals surface area contributed by atoms with Gasteiger partial charge in [0.2, 0.25) is 0 Å². The van der Waals surface area contributed by atoms with Gasteiger partial charge in [-0.05, 0) is 38.5 Å². The van der Waals surface area contributed by atoms with Gasteiger partial charge in [0.25, 0.3) is 0 Å². The van der Waals surface area contributed by atoms with E-state index in [9.17, 15) is 9.90 Å². The van der Waals surface area contributed by atoms with Crippen LogP contribution in [0.15, 0.2) is 18.2 Å². The van der Waals surface area contributed by atoms with Crippen LogP contribution >= 0.6 is 0 Å². The summed E-state index contributed by atoms with van der Waals surface area (Å²) in [6.45, 7) is 6.56. The van der Waals surface area contributed by atoms with E-state index in [2.05, 4.69) is 0 Å². The quantitative estimate of drug-likeness (QED) is 0.867. The van der Waals surface area contributed by atoms with Gasteiger partial charge in [-0.3, -0.25) is 0 Å². The maximum atomic E-state index is 11.2. The molecule has 0 aromatic heterocycles. The van der Waals surface area contributed by atoms with E-state index in [1.54, 1.807) is 6.92 Å². The standard InChI is InChI=1S/C14H20N2O3/c1-9(13(17)18)16-8-14(2,3)19-12-6-10(7-15)4-5-11(12)16/h4-6,9H,7-8,15H2,1-3H3,(H,17,18). The van der Waals surface area contributed by atoms with Gasteiger partial charge in [-0.1, -0.05) is 6.07 Å². The number of hydrogen-bond acceptors (Lipinski definition) is 4. The van der Waals surface area contributed by atoms with Crippen LogP contribution in [-0.2, 0) is 11.3 Å². The molecule has 5 heteroatoms. The molecule has 0 saturated carbocycles. The first kappa shape index (κ1) is 13.7. The molecule has 0 bridgehead atoms. The SMILES string of the molecule is CC(C(=O)O)N1CC(C)(C)Oc2cc(CN)ccc21. The highest BCUT2D eigenvalue weighted by Gasteiger charge is 2.35. The van der Waals surface area contributed by atoms with E-state index >= 15 is 0 Å². The Labute approximate surface area is 113 Å². The molecular formula is C14H20N2O3. The number of rotatable bonds is 3. The highest BCUT2D eigenvalue weighted by molar-refractivity contribution is 5.79. The van der Waals surface area contributed by atoms with Gasteiger partial charge in [-0.25, -0.2) is 4.79 Å². The van der Waals surface area contributed by atoms with E-state index in [1.165, 1.54) is 0 Å². The van der Waals surface area contributed by atoms with E-state index in [-0.39, 0.29) is 0 Å². The molecule has 0 fully saturated rings. The number of anilines is 1. The number of carboxylic acid groups (broad SMARTS) is 1. The average Bonchev–Trinajstić information content (AvgIpc) is 2.34. The highest BCUT2D eigenvalue weighted by atomic mass is 16.5. The molecular weight excluding hydrogens is 244 g/mol. The van der Waals surface area contributed by atoms with Gasteiger partial charge >= 0.3 is 5.97 Å². The fourth-order valence-corrected chi connectivity index (χ4v) is 2.31. The lowest BCUT2D eigenvalue weighted by molar-refractivity contribution is -0.138. The molecule has 0 aliphatic carbocycles. The van der Waals surface area contributed by atoms with Crippen molar-refractivity contribution < 1.29 is 14.6 Å². The number of carbonyl (C=O) groups is 1. The van der Waals surface area contributed by atoms with Gasteiger partial charge in [0.15, 0.2) is 0 Å². The molecule has 1 aliphatic heterocycles. The number of nitrogens with two attached hydrogens (primary N) is 1. The number of carboxylic acids is 1. The second kappa shape index (κ2) is 4.74. The van der Waals surface area contributed by atoms with Gasteiger partial charge < -0.3 is 20.5 Å². The van der Waals surface area contributed by atoms with Gasteiger partial charge in [0.1, 0.15) is 17.4 Å². The van der Waals surface area contributed by atoms with Crippen molar-refractivity contribution in [3.63, 3.8) is 0 Å². The van der Waals surface area contributed by atoms with Gasteiger partial charge in [0, 0.05) is 6.54 Å². The molecule has 5 nitrogen and oxygen atoms in total. The van der Waals surface area contributed by atoms with Crippen molar-refractivity contribution in [1.82, 2.24) is 0 Å². The minimum atomic E-state index is -0.841. The molecule has 1 heterocycles. The minimum Gasteiger partial charge on any atom is -0.484 e. The van der Waals surface area contributed by atoms with Crippen LogP contribution < -0.4 is 15.4 Å². The predicted molar refractivity (Wildman–Crippen MR) is 73.5 cm³/mol. The van der Waals surface area contributed by atoms with E-state index in [4.69, 9.17) is 10.5 Å². The molecule has 2 rings (SSSR count). The van der Waals surface area contributed by atoms with Crippen molar-refractivity contribution in [2.75, 3.05) is 11.4 Å². The Morgan fingerprint density at radius 1 is 1.58 bits per heavy atom. The average molecular weight is 264 g/mol. The number of hydrogen-bond donors (Lipinski definition) is 2. The maximum absolute atomic E-state index is 11.2. The third kappa shape index (κ3) is 2.66. The monoisotopic (exact) mass is 264 g/mol. The third-order valence-electron chi connectivity index (χ3n) is 3.33. The van der Waals surface area contributed by atoms with Crippen molar-refractivity contribution in [1.29, 1.82) is 0 Å². The zero-order valence-electron chi connectivity index (χ0n) is 11.5. The summed E-state index contributed by atoms with van der Waals surface area (Å²) in [5.41, 5.74) is 6.99. The number of benzene rings is 1. The van der Waals surface area contributed by atoms with Crippen molar-refractivity contribution >= 4 is 11.7 Å². The van der Waals surface area contributed by atoms with Crippen molar-refractivity contribution in [3.05, 3.63) is 23.8 Å². The normalized spacial score (nSPS) is 18.4. The smallest absolute Gasteiger partial charge is 0.326 e. The second-order valence-corrected chi connectivity index (χ2v) is 5.51. The van der Waals surface area contributed by atoms with Gasteiger partial charge in [-0.2, -0.15) is 0 Å². The van der Waals surface area contributed by atoms with Crippen LogP contribution in [-0.4, -0.2) is 29.3 Å². The van der Waals surface area contributed by atoms with Crippen LogP contribution in [0.4, 0.5) is 5.69 Å². The predicted octanol–water partition coefficient (Wildman–Crippen LogP) is 1.60. The van der Waals surface area contributed by atoms with Crippen LogP contribution in [0.1, 0.15) is 26.3 Å². The van der Waals surface area contributed by atoms with Crippen LogP contribution in [0.3, 0.4) is 0 Å². The first-order chi connectivity index (χ1) is 8.84. The van der Waals surface area contributed by atoms with Crippen molar-refractivity contribution in [2.45, 2.75) is 39.0 Å². The first-order valence-corrected chi connectivity index (χ1v) is 6.35. The van der Waals surface area contributed by atoms with E-state index in [0.717, 1.165) is 11.3 Å². The van der Waals surface area contributed by atoms with Crippen LogP contribution in [0.2, 0.25) is 0 Å². The highest BCUT2D eigenvalue weighted by Crippen LogP contribution is 2.38. The molecule has 1 unspecified atom stereocenters.